The second-order valence-corrected chi connectivity index (χ2v) is 8.05. The standard InChI is InChI=1S/C14H16ClNO5S/c15-11-6-9(7-12-13(11)21-4-1-3-20-12)14(17)16-10-2-5-22(18,19)8-10/h6-7,10H,1-5,8H2,(H,16,17)/t10-/m0/s1. The Morgan fingerprint density at radius 3 is 2.77 bits per heavy atom. The number of halogens is 1. The van der Waals surface area contributed by atoms with Gasteiger partial charge < -0.3 is 14.8 Å². The summed E-state index contributed by atoms with van der Waals surface area (Å²) in [5.74, 6) is 0.615. The molecule has 1 aromatic rings. The highest BCUT2D eigenvalue weighted by Gasteiger charge is 2.29. The molecule has 120 valence electrons. The van der Waals surface area contributed by atoms with Gasteiger partial charge in [0.2, 0.25) is 0 Å². The number of hydrogen-bond acceptors (Lipinski definition) is 5. The fraction of sp³-hybridized carbons (Fsp3) is 0.500. The molecule has 2 heterocycles. The van der Waals surface area contributed by atoms with E-state index in [0.717, 1.165) is 6.42 Å². The maximum atomic E-state index is 12.3. The number of benzene rings is 1. The van der Waals surface area contributed by atoms with E-state index in [2.05, 4.69) is 5.32 Å². The van der Waals surface area contributed by atoms with Crippen LogP contribution in [0.25, 0.3) is 0 Å². The molecule has 2 aliphatic heterocycles. The molecule has 3 rings (SSSR count). The Balaban J connectivity index is 1.78. The van der Waals surface area contributed by atoms with Gasteiger partial charge >= 0.3 is 0 Å². The van der Waals surface area contributed by atoms with E-state index >= 15 is 0 Å². The highest BCUT2D eigenvalue weighted by molar-refractivity contribution is 7.91. The second kappa shape index (κ2) is 5.96. The normalized spacial score (nSPS) is 22.9. The molecule has 0 aromatic heterocycles. The maximum Gasteiger partial charge on any atom is 0.251 e. The van der Waals surface area contributed by atoms with E-state index in [1.807, 2.05) is 0 Å². The minimum absolute atomic E-state index is 0.0168. The molecule has 0 radical (unpaired) electrons. The molecule has 1 saturated heterocycles. The number of ether oxygens (including phenoxy) is 2. The van der Waals surface area contributed by atoms with Crippen LogP contribution in [0.5, 0.6) is 11.5 Å². The van der Waals surface area contributed by atoms with Gasteiger partial charge in [0.25, 0.3) is 5.91 Å². The summed E-state index contributed by atoms with van der Waals surface area (Å²) < 4.78 is 33.9. The van der Waals surface area contributed by atoms with Crippen molar-refractivity contribution in [3.05, 3.63) is 22.7 Å². The predicted molar refractivity (Wildman–Crippen MR) is 81.6 cm³/mol. The van der Waals surface area contributed by atoms with E-state index < -0.39 is 9.84 Å². The van der Waals surface area contributed by atoms with E-state index in [4.69, 9.17) is 21.1 Å². The number of fused-ring (bicyclic) bond motifs is 1. The van der Waals surface area contributed by atoms with E-state index in [9.17, 15) is 13.2 Å². The lowest BCUT2D eigenvalue weighted by Crippen LogP contribution is -2.35. The molecule has 1 atom stereocenters. The Bertz CT molecular complexity index is 703. The number of amides is 1. The zero-order chi connectivity index (χ0) is 15.7. The summed E-state index contributed by atoms with van der Waals surface area (Å²) in [6, 6.07) is 2.73. The van der Waals surface area contributed by atoms with Crippen LogP contribution in [0.2, 0.25) is 5.02 Å². The first-order valence-corrected chi connectivity index (χ1v) is 9.25. The lowest BCUT2D eigenvalue weighted by molar-refractivity contribution is 0.0940. The second-order valence-electron chi connectivity index (χ2n) is 5.41. The molecule has 0 spiro atoms. The zero-order valence-electron chi connectivity index (χ0n) is 11.8. The number of sulfone groups is 1. The van der Waals surface area contributed by atoms with Gasteiger partial charge in [-0.25, -0.2) is 8.42 Å². The van der Waals surface area contributed by atoms with E-state index in [1.165, 1.54) is 6.07 Å². The monoisotopic (exact) mass is 345 g/mol. The Labute approximate surface area is 133 Å². The Hall–Kier alpha value is -1.47. The van der Waals surface area contributed by atoms with Crippen LogP contribution in [0.4, 0.5) is 0 Å². The fourth-order valence-corrected chi connectivity index (χ4v) is 4.48. The average molecular weight is 346 g/mol. The molecule has 1 fully saturated rings. The largest absolute Gasteiger partial charge is 0.489 e. The van der Waals surface area contributed by atoms with Crippen molar-refractivity contribution in [1.82, 2.24) is 5.32 Å². The molecule has 0 aliphatic carbocycles. The quantitative estimate of drug-likeness (QED) is 0.876. The van der Waals surface area contributed by atoms with Crippen LogP contribution in [0.1, 0.15) is 23.2 Å². The van der Waals surface area contributed by atoms with Crippen LogP contribution in [0.3, 0.4) is 0 Å². The summed E-state index contributed by atoms with van der Waals surface area (Å²) in [6.45, 7) is 1.01. The van der Waals surface area contributed by atoms with Crippen molar-refractivity contribution in [2.45, 2.75) is 18.9 Å². The summed E-state index contributed by atoms with van der Waals surface area (Å²) in [4.78, 5) is 12.3. The van der Waals surface area contributed by atoms with Crippen molar-refractivity contribution in [3.63, 3.8) is 0 Å². The third-order valence-corrected chi connectivity index (χ3v) is 5.68. The topological polar surface area (TPSA) is 81.7 Å². The Morgan fingerprint density at radius 1 is 1.27 bits per heavy atom. The molecular weight excluding hydrogens is 330 g/mol. The number of hydrogen-bond donors (Lipinski definition) is 1. The third kappa shape index (κ3) is 3.30. The van der Waals surface area contributed by atoms with Gasteiger partial charge in [-0.15, -0.1) is 0 Å². The maximum absolute atomic E-state index is 12.3. The van der Waals surface area contributed by atoms with Crippen LogP contribution in [-0.2, 0) is 9.84 Å². The van der Waals surface area contributed by atoms with Crippen molar-refractivity contribution in [2.75, 3.05) is 24.7 Å². The minimum Gasteiger partial charge on any atom is -0.489 e. The highest BCUT2D eigenvalue weighted by Crippen LogP contribution is 2.38. The molecule has 1 amide bonds. The zero-order valence-corrected chi connectivity index (χ0v) is 13.4. The molecule has 1 aromatic carbocycles. The summed E-state index contributed by atoms with van der Waals surface area (Å²) in [6.07, 6.45) is 1.18. The Morgan fingerprint density at radius 2 is 2.05 bits per heavy atom. The SMILES string of the molecule is O=C(N[C@H]1CCS(=O)(=O)C1)c1cc(Cl)c2c(c1)OCCCO2. The number of nitrogens with one attached hydrogen (secondary N) is 1. The molecule has 6 nitrogen and oxygen atoms in total. The molecular formula is C14H16ClNO5S. The number of carbonyl (C=O) groups excluding carboxylic acids is 1. The molecule has 0 saturated carbocycles. The van der Waals surface area contributed by atoms with Crippen molar-refractivity contribution in [3.8, 4) is 11.5 Å². The van der Waals surface area contributed by atoms with Crippen LogP contribution in [0.15, 0.2) is 12.1 Å². The highest BCUT2D eigenvalue weighted by atomic mass is 35.5. The molecule has 1 N–H and O–H groups in total. The summed E-state index contributed by atoms with van der Waals surface area (Å²) in [7, 11) is -3.04. The third-order valence-electron chi connectivity index (χ3n) is 3.63. The van der Waals surface area contributed by atoms with Crippen LogP contribution in [0, 0.1) is 0 Å². The van der Waals surface area contributed by atoms with Crippen molar-refractivity contribution >= 4 is 27.3 Å². The first-order valence-electron chi connectivity index (χ1n) is 7.05. The lowest BCUT2D eigenvalue weighted by atomic mass is 10.1. The van der Waals surface area contributed by atoms with Gasteiger partial charge in [0.05, 0.1) is 29.7 Å². The van der Waals surface area contributed by atoms with Gasteiger partial charge in [-0.1, -0.05) is 11.6 Å². The van der Waals surface area contributed by atoms with Crippen molar-refractivity contribution in [2.24, 2.45) is 0 Å². The predicted octanol–water partition coefficient (Wildman–Crippen LogP) is 1.42. The number of rotatable bonds is 2. The van der Waals surface area contributed by atoms with Crippen LogP contribution in [-0.4, -0.2) is 45.1 Å². The van der Waals surface area contributed by atoms with E-state index in [1.54, 1.807) is 6.07 Å². The fourth-order valence-electron chi connectivity index (χ4n) is 2.54. The van der Waals surface area contributed by atoms with Crippen LogP contribution < -0.4 is 14.8 Å². The van der Waals surface area contributed by atoms with E-state index in [0.29, 0.717) is 41.7 Å². The molecule has 0 bridgehead atoms. The summed E-state index contributed by atoms with van der Waals surface area (Å²) >= 11 is 6.15. The molecule has 2 aliphatic rings. The molecule has 22 heavy (non-hydrogen) atoms. The van der Waals surface area contributed by atoms with Crippen molar-refractivity contribution in [1.29, 1.82) is 0 Å². The lowest BCUT2D eigenvalue weighted by Gasteiger charge is -2.14. The van der Waals surface area contributed by atoms with Gasteiger partial charge in [0.1, 0.15) is 0 Å². The van der Waals surface area contributed by atoms with Gasteiger partial charge in [0.15, 0.2) is 21.3 Å². The summed E-state index contributed by atoms with van der Waals surface area (Å²) in [5, 5.41) is 3.04. The van der Waals surface area contributed by atoms with E-state index in [-0.39, 0.29) is 23.5 Å². The van der Waals surface area contributed by atoms with Gasteiger partial charge in [-0.3, -0.25) is 4.79 Å². The van der Waals surface area contributed by atoms with Gasteiger partial charge in [-0.2, -0.15) is 0 Å². The number of carbonyl (C=O) groups is 1. The average Bonchev–Trinajstić information content (AvgIpc) is 2.66. The summed E-state index contributed by atoms with van der Waals surface area (Å²) in [5.41, 5.74) is 0.332. The minimum atomic E-state index is -3.04. The van der Waals surface area contributed by atoms with Crippen molar-refractivity contribution < 1.29 is 22.7 Å². The van der Waals surface area contributed by atoms with Gasteiger partial charge in [0, 0.05) is 18.0 Å². The van der Waals surface area contributed by atoms with Gasteiger partial charge in [-0.05, 0) is 18.6 Å². The smallest absolute Gasteiger partial charge is 0.251 e. The molecule has 8 heteroatoms. The first kappa shape index (κ1) is 15.4. The first-order chi connectivity index (χ1) is 10.4. The Kier molecular flexibility index (Phi) is 4.18. The molecule has 0 unspecified atom stereocenters. The van der Waals surface area contributed by atoms with Crippen LogP contribution >= 0.6 is 11.6 Å².